The Bertz CT molecular complexity index is 333. The summed E-state index contributed by atoms with van der Waals surface area (Å²) in [7, 11) is 0. The van der Waals surface area contributed by atoms with Gasteiger partial charge in [0.2, 0.25) is 0 Å². The van der Waals surface area contributed by atoms with Crippen LogP contribution in [0.3, 0.4) is 0 Å². The number of aliphatic hydroxyl groups excluding tert-OH is 1. The van der Waals surface area contributed by atoms with E-state index in [0.717, 1.165) is 6.42 Å². The molecule has 0 fully saturated rings. The molecule has 0 heterocycles. The molecule has 1 aromatic carbocycles. The molecule has 0 aromatic heterocycles. The molecule has 0 spiro atoms. The van der Waals surface area contributed by atoms with E-state index in [2.05, 4.69) is 6.92 Å². The molecule has 0 bridgehead atoms. The lowest BCUT2D eigenvalue weighted by Gasteiger charge is -2.01. The molecule has 3 heteroatoms. The summed E-state index contributed by atoms with van der Waals surface area (Å²) in [5, 5.41) is 8.85. The van der Waals surface area contributed by atoms with Crippen LogP contribution in [-0.4, -0.2) is 23.8 Å². The van der Waals surface area contributed by atoms with Gasteiger partial charge in [-0.2, -0.15) is 0 Å². The van der Waals surface area contributed by atoms with Crippen LogP contribution in [0.1, 0.15) is 63.2 Å². The molecule has 1 rings (SSSR count). The molecule has 0 radical (unpaired) electrons. The summed E-state index contributed by atoms with van der Waals surface area (Å²) in [6, 6.07) is 8.96. The Morgan fingerprint density at radius 1 is 1.15 bits per heavy atom. The average molecular weight is 280 g/mol. The van der Waals surface area contributed by atoms with Crippen LogP contribution >= 0.6 is 0 Å². The van der Waals surface area contributed by atoms with Gasteiger partial charge in [0.25, 0.3) is 0 Å². The highest BCUT2D eigenvalue weighted by molar-refractivity contribution is 5.89. The first-order valence-corrected chi connectivity index (χ1v) is 7.52. The molecular formula is C17H28O3. The van der Waals surface area contributed by atoms with Crippen LogP contribution < -0.4 is 0 Å². The Morgan fingerprint density at radius 3 is 2.30 bits per heavy atom. The predicted molar refractivity (Wildman–Crippen MR) is 82.8 cm³/mol. The smallest absolute Gasteiger partial charge is 0.338 e. The molecule has 0 amide bonds. The van der Waals surface area contributed by atoms with Crippen molar-refractivity contribution in [2.75, 3.05) is 6.61 Å². The van der Waals surface area contributed by atoms with Crippen molar-refractivity contribution in [1.82, 2.24) is 0 Å². The number of hydrogen-bond acceptors (Lipinski definition) is 3. The molecule has 0 aliphatic rings. The molecular weight excluding hydrogens is 252 g/mol. The molecule has 0 saturated carbocycles. The van der Waals surface area contributed by atoms with Crippen LogP contribution in [0.15, 0.2) is 30.3 Å². The van der Waals surface area contributed by atoms with Gasteiger partial charge in [-0.25, -0.2) is 4.79 Å². The number of carbonyl (C=O) groups is 1. The maximum atomic E-state index is 11.0. The third-order valence-corrected chi connectivity index (χ3v) is 2.76. The summed E-state index contributed by atoms with van der Waals surface area (Å²) < 4.78 is 4.79. The van der Waals surface area contributed by atoms with Crippen LogP contribution in [0.25, 0.3) is 0 Å². The first-order valence-electron chi connectivity index (χ1n) is 7.52. The lowest BCUT2D eigenvalue weighted by Crippen LogP contribution is -2.03. The van der Waals surface area contributed by atoms with Gasteiger partial charge in [-0.05, 0) is 32.4 Å². The van der Waals surface area contributed by atoms with Crippen molar-refractivity contribution in [2.24, 2.45) is 0 Å². The second-order valence-electron chi connectivity index (χ2n) is 4.78. The number of benzene rings is 1. The van der Waals surface area contributed by atoms with E-state index in [9.17, 15) is 4.79 Å². The Kier molecular flexibility index (Phi) is 11.8. The number of ether oxygens (including phenoxy) is 1. The lowest BCUT2D eigenvalue weighted by molar-refractivity contribution is 0.0526. The molecule has 0 aliphatic heterocycles. The van der Waals surface area contributed by atoms with E-state index in [4.69, 9.17) is 9.84 Å². The summed E-state index contributed by atoms with van der Waals surface area (Å²) in [5.41, 5.74) is 0.606. The Morgan fingerprint density at radius 2 is 1.80 bits per heavy atom. The van der Waals surface area contributed by atoms with Gasteiger partial charge >= 0.3 is 5.97 Å². The van der Waals surface area contributed by atoms with Crippen molar-refractivity contribution >= 4 is 5.97 Å². The molecule has 1 atom stereocenters. The van der Waals surface area contributed by atoms with Crippen molar-refractivity contribution in [3.05, 3.63) is 35.9 Å². The Balaban J connectivity index is 0.000000370. The predicted octanol–water partition coefficient (Wildman–Crippen LogP) is 4.20. The quantitative estimate of drug-likeness (QED) is 0.601. The van der Waals surface area contributed by atoms with Crippen molar-refractivity contribution in [1.29, 1.82) is 0 Å². The van der Waals surface area contributed by atoms with Gasteiger partial charge in [0.15, 0.2) is 0 Å². The highest BCUT2D eigenvalue weighted by Gasteiger charge is 2.02. The minimum Gasteiger partial charge on any atom is -0.462 e. The largest absolute Gasteiger partial charge is 0.462 e. The van der Waals surface area contributed by atoms with Gasteiger partial charge in [0, 0.05) is 0 Å². The van der Waals surface area contributed by atoms with Gasteiger partial charge in [-0.3, -0.25) is 0 Å². The second-order valence-corrected chi connectivity index (χ2v) is 4.78. The van der Waals surface area contributed by atoms with Gasteiger partial charge in [0.05, 0.1) is 18.3 Å². The maximum Gasteiger partial charge on any atom is 0.338 e. The zero-order chi connectivity index (χ0) is 15.2. The summed E-state index contributed by atoms with van der Waals surface area (Å²) in [6.45, 7) is 6.27. The van der Waals surface area contributed by atoms with Gasteiger partial charge < -0.3 is 9.84 Å². The summed E-state index contributed by atoms with van der Waals surface area (Å²) >= 11 is 0. The maximum absolute atomic E-state index is 11.0. The minimum atomic E-state index is -0.256. The van der Waals surface area contributed by atoms with Crippen molar-refractivity contribution in [3.8, 4) is 0 Å². The monoisotopic (exact) mass is 280 g/mol. The van der Waals surface area contributed by atoms with Crippen LogP contribution in [0.5, 0.6) is 0 Å². The third-order valence-electron chi connectivity index (χ3n) is 2.76. The van der Waals surface area contributed by atoms with Crippen molar-refractivity contribution < 1.29 is 14.6 Å². The molecule has 20 heavy (non-hydrogen) atoms. The number of carbonyl (C=O) groups excluding carboxylic acids is 1. The van der Waals surface area contributed by atoms with E-state index in [-0.39, 0.29) is 12.1 Å². The zero-order valence-electron chi connectivity index (χ0n) is 13.0. The van der Waals surface area contributed by atoms with Gasteiger partial charge in [0.1, 0.15) is 0 Å². The third kappa shape index (κ3) is 10.6. The Hall–Kier alpha value is -1.35. The number of unbranched alkanes of at least 4 members (excludes halogenated alkanes) is 3. The van der Waals surface area contributed by atoms with E-state index in [1.165, 1.54) is 25.7 Å². The molecule has 1 unspecified atom stereocenters. The highest BCUT2D eigenvalue weighted by Crippen LogP contribution is 2.04. The molecule has 1 N–H and O–H groups in total. The normalized spacial score (nSPS) is 11.2. The SMILES string of the molecule is CCCCCCC(C)O.CCOC(=O)c1ccccc1. The van der Waals surface area contributed by atoms with Crippen molar-refractivity contribution in [2.45, 2.75) is 59.0 Å². The zero-order valence-corrected chi connectivity index (χ0v) is 13.0. The van der Waals surface area contributed by atoms with E-state index >= 15 is 0 Å². The van der Waals surface area contributed by atoms with Crippen LogP contribution in [0.4, 0.5) is 0 Å². The molecule has 0 saturated heterocycles. The topological polar surface area (TPSA) is 46.5 Å². The fourth-order valence-corrected chi connectivity index (χ4v) is 1.66. The summed E-state index contributed by atoms with van der Waals surface area (Å²) in [5.74, 6) is -0.256. The van der Waals surface area contributed by atoms with Gasteiger partial charge in [-0.15, -0.1) is 0 Å². The first-order chi connectivity index (χ1) is 9.61. The lowest BCUT2D eigenvalue weighted by atomic mass is 10.1. The standard InChI is InChI=1S/C9H10O2.C8H18O/c1-2-11-9(10)8-6-4-3-5-7-8;1-3-4-5-6-7-8(2)9/h3-7H,2H2,1H3;8-9H,3-7H2,1-2H3. The minimum absolute atomic E-state index is 0.0955. The number of hydrogen-bond donors (Lipinski definition) is 1. The first kappa shape index (κ1) is 18.7. The molecule has 3 nitrogen and oxygen atoms in total. The van der Waals surface area contributed by atoms with E-state index in [1.54, 1.807) is 19.1 Å². The molecule has 114 valence electrons. The highest BCUT2D eigenvalue weighted by atomic mass is 16.5. The molecule has 1 aromatic rings. The number of aliphatic hydroxyl groups is 1. The van der Waals surface area contributed by atoms with Crippen LogP contribution in [0.2, 0.25) is 0 Å². The van der Waals surface area contributed by atoms with Crippen LogP contribution in [0, 0.1) is 0 Å². The number of rotatable bonds is 7. The van der Waals surface area contributed by atoms with E-state index < -0.39 is 0 Å². The van der Waals surface area contributed by atoms with Crippen molar-refractivity contribution in [3.63, 3.8) is 0 Å². The van der Waals surface area contributed by atoms with Gasteiger partial charge in [-0.1, -0.05) is 50.8 Å². The number of esters is 1. The average Bonchev–Trinajstić information content (AvgIpc) is 2.45. The summed E-state index contributed by atoms with van der Waals surface area (Å²) in [4.78, 5) is 11.0. The van der Waals surface area contributed by atoms with E-state index in [1.807, 2.05) is 25.1 Å². The fourth-order valence-electron chi connectivity index (χ4n) is 1.66. The second kappa shape index (κ2) is 12.7. The van der Waals surface area contributed by atoms with Crippen LogP contribution in [-0.2, 0) is 4.74 Å². The Labute approximate surface area is 123 Å². The summed E-state index contributed by atoms with van der Waals surface area (Å²) in [6.07, 6.45) is 5.93. The molecule has 0 aliphatic carbocycles. The van der Waals surface area contributed by atoms with E-state index in [0.29, 0.717) is 12.2 Å². The fraction of sp³-hybridized carbons (Fsp3) is 0.588.